The van der Waals surface area contributed by atoms with Crippen LogP contribution < -0.4 is 20.4 Å². The third kappa shape index (κ3) is 4.43. The maximum absolute atomic E-state index is 13.2. The summed E-state index contributed by atoms with van der Waals surface area (Å²) in [5.74, 6) is -1.32. The van der Waals surface area contributed by atoms with E-state index in [1.54, 1.807) is 51.2 Å². The van der Waals surface area contributed by atoms with Gasteiger partial charge in [-0.3, -0.25) is 19.3 Å². The zero-order valence-electron chi connectivity index (χ0n) is 16.6. The lowest BCUT2D eigenvalue weighted by molar-refractivity contribution is -0.862. The Hall–Kier alpha value is -3.26. The van der Waals surface area contributed by atoms with Gasteiger partial charge in [0.25, 0.3) is 11.8 Å². The van der Waals surface area contributed by atoms with E-state index in [4.69, 9.17) is 0 Å². The molecule has 7 nitrogen and oxygen atoms in total. The van der Waals surface area contributed by atoms with Crippen molar-refractivity contribution in [1.29, 1.82) is 0 Å². The van der Waals surface area contributed by atoms with Gasteiger partial charge in [0, 0.05) is 5.69 Å². The second kappa shape index (κ2) is 8.00. The number of amides is 3. The van der Waals surface area contributed by atoms with Crippen LogP contribution in [0.1, 0.15) is 13.8 Å². The number of para-hydroxylation sites is 2. The largest absolute Gasteiger partial charge is 0.322 e. The minimum Gasteiger partial charge on any atom is -0.322 e. The van der Waals surface area contributed by atoms with E-state index < -0.39 is 11.4 Å². The van der Waals surface area contributed by atoms with Gasteiger partial charge in [-0.1, -0.05) is 18.2 Å². The standard InChI is InChI=1S/C21H23FN4O3/c1-21(2)20(29)24-16-9-4-5-10-17(16)26(21)19(28)13-25(3)12-18(27)23-15-8-6-7-14(22)11-15/h4-11H,12-13H2,1-3H3,(H,23,27)(H,24,29)/p+1. The van der Waals surface area contributed by atoms with Crippen LogP contribution in [0.3, 0.4) is 0 Å². The molecule has 1 heterocycles. The van der Waals surface area contributed by atoms with Crippen LogP contribution in [0.15, 0.2) is 48.5 Å². The molecule has 8 heteroatoms. The van der Waals surface area contributed by atoms with Gasteiger partial charge >= 0.3 is 0 Å². The predicted octanol–water partition coefficient (Wildman–Crippen LogP) is 1.04. The Morgan fingerprint density at radius 2 is 1.86 bits per heavy atom. The zero-order valence-corrected chi connectivity index (χ0v) is 16.6. The van der Waals surface area contributed by atoms with E-state index in [1.165, 1.54) is 23.1 Å². The van der Waals surface area contributed by atoms with Crippen LogP contribution >= 0.6 is 0 Å². The number of halogens is 1. The second-order valence-corrected chi connectivity index (χ2v) is 7.63. The van der Waals surface area contributed by atoms with Crippen molar-refractivity contribution in [2.75, 3.05) is 35.7 Å². The summed E-state index contributed by atoms with van der Waals surface area (Å²) in [6.45, 7) is 3.40. The molecule has 1 atom stereocenters. The van der Waals surface area contributed by atoms with Crippen molar-refractivity contribution in [3.63, 3.8) is 0 Å². The number of rotatable bonds is 5. The first-order valence-corrected chi connectivity index (χ1v) is 9.29. The molecule has 29 heavy (non-hydrogen) atoms. The molecule has 1 aliphatic heterocycles. The molecular formula is C21H24FN4O3+. The minimum atomic E-state index is -1.06. The molecule has 152 valence electrons. The average Bonchev–Trinajstić information content (AvgIpc) is 2.62. The number of quaternary nitrogens is 1. The van der Waals surface area contributed by atoms with Gasteiger partial charge in [-0.15, -0.1) is 0 Å². The van der Waals surface area contributed by atoms with E-state index in [0.717, 1.165) is 0 Å². The van der Waals surface area contributed by atoms with Gasteiger partial charge in [0.1, 0.15) is 11.4 Å². The molecule has 0 fully saturated rings. The molecule has 1 unspecified atom stereocenters. The van der Waals surface area contributed by atoms with Crippen molar-refractivity contribution in [3.8, 4) is 0 Å². The van der Waals surface area contributed by atoms with E-state index in [0.29, 0.717) is 22.0 Å². The number of hydrogen-bond donors (Lipinski definition) is 3. The lowest BCUT2D eigenvalue weighted by atomic mass is 9.96. The van der Waals surface area contributed by atoms with Crippen molar-refractivity contribution in [1.82, 2.24) is 0 Å². The minimum absolute atomic E-state index is 0.0155. The van der Waals surface area contributed by atoms with Crippen LogP contribution in [-0.4, -0.2) is 43.4 Å². The van der Waals surface area contributed by atoms with Gasteiger partial charge in [-0.2, -0.15) is 0 Å². The van der Waals surface area contributed by atoms with Gasteiger partial charge in [0.05, 0.1) is 18.4 Å². The molecule has 3 rings (SSSR count). The third-order valence-corrected chi connectivity index (χ3v) is 4.78. The molecule has 0 aromatic heterocycles. The normalized spacial score (nSPS) is 15.9. The molecule has 0 aliphatic carbocycles. The van der Waals surface area contributed by atoms with Crippen LogP contribution in [0.5, 0.6) is 0 Å². The summed E-state index contributed by atoms with van der Waals surface area (Å²) in [7, 11) is 1.71. The molecule has 3 amide bonds. The molecule has 1 aliphatic rings. The molecule has 0 spiro atoms. The molecule has 0 radical (unpaired) electrons. The lowest BCUT2D eigenvalue weighted by Crippen LogP contribution is -3.11. The van der Waals surface area contributed by atoms with E-state index in [9.17, 15) is 18.8 Å². The van der Waals surface area contributed by atoms with Crippen molar-refractivity contribution in [2.24, 2.45) is 0 Å². The van der Waals surface area contributed by atoms with Gasteiger partial charge in [0.2, 0.25) is 5.91 Å². The zero-order chi connectivity index (χ0) is 21.2. The molecule has 0 bridgehead atoms. The van der Waals surface area contributed by atoms with Crippen LogP contribution in [0, 0.1) is 5.82 Å². The Labute approximate surface area is 168 Å². The SMILES string of the molecule is C[NH+](CC(=O)Nc1cccc(F)c1)CC(=O)N1c2ccccc2NC(=O)C1(C)C. The Morgan fingerprint density at radius 1 is 1.14 bits per heavy atom. The van der Waals surface area contributed by atoms with Crippen LogP contribution in [-0.2, 0) is 14.4 Å². The van der Waals surface area contributed by atoms with Crippen LogP contribution in [0.4, 0.5) is 21.5 Å². The fourth-order valence-corrected chi connectivity index (χ4v) is 3.34. The number of benzene rings is 2. The second-order valence-electron chi connectivity index (χ2n) is 7.63. The quantitative estimate of drug-likeness (QED) is 0.703. The summed E-state index contributed by atoms with van der Waals surface area (Å²) in [5, 5.41) is 5.43. The van der Waals surface area contributed by atoms with Crippen LogP contribution in [0.25, 0.3) is 0 Å². The summed E-state index contributed by atoms with van der Waals surface area (Å²) in [6, 6.07) is 12.7. The number of anilines is 3. The smallest absolute Gasteiger partial charge is 0.283 e. The Balaban J connectivity index is 1.68. The molecular weight excluding hydrogens is 375 g/mol. The molecule has 2 aromatic carbocycles. The Bertz CT molecular complexity index is 960. The van der Waals surface area contributed by atoms with Gasteiger partial charge in [0.15, 0.2) is 13.1 Å². The molecule has 2 aromatic rings. The highest BCUT2D eigenvalue weighted by Crippen LogP contribution is 2.36. The van der Waals surface area contributed by atoms with Gasteiger partial charge in [-0.25, -0.2) is 4.39 Å². The maximum atomic E-state index is 13.2. The summed E-state index contributed by atoms with van der Waals surface area (Å²) in [6.07, 6.45) is 0. The number of hydrogen-bond acceptors (Lipinski definition) is 3. The molecule has 0 saturated carbocycles. The van der Waals surface area contributed by atoms with E-state index in [-0.39, 0.29) is 30.8 Å². The highest BCUT2D eigenvalue weighted by molar-refractivity contribution is 6.14. The number of carbonyl (C=O) groups is 3. The van der Waals surface area contributed by atoms with E-state index >= 15 is 0 Å². The third-order valence-electron chi connectivity index (χ3n) is 4.78. The van der Waals surface area contributed by atoms with Gasteiger partial charge in [-0.05, 0) is 44.2 Å². The first-order valence-electron chi connectivity index (χ1n) is 9.29. The summed E-state index contributed by atoms with van der Waals surface area (Å²) in [4.78, 5) is 39.9. The van der Waals surface area contributed by atoms with Crippen molar-refractivity contribution < 1.29 is 23.7 Å². The lowest BCUT2D eigenvalue weighted by Gasteiger charge is -2.42. The summed E-state index contributed by atoms with van der Waals surface area (Å²) < 4.78 is 13.2. The fraction of sp³-hybridized carbons (Fsp3) is 0.286. The maximum Gasteiger partial charge on any atom is 0.283 e. The van der Waals surface area contributed by atoms with Crippen molar-refractivity contribution in [2.45, 2.75) is 19.4 Å². The topological polar surface area (TPSA) is 82.9 Å². The summed E-state index contributed by atoms with van der Waals surface area (Å²) >= 11 is 0. The van der Waals surface area contributed by atoms with Crippen molar-refractivity contribution >= 4 is 34.8 Å². The van der Waals surface area contributed by atoms with E-state index in [2.05, 4.69) is 10.6 Å². The molecule has 3 N–H and O–H groups in total. The first-order chi connectivity index (χ1) is 13.7. The van der Waals surface area contributed by atoms with E-state index in [1.807, 2.05) is 0 Å². The monoisotopic (exact) mass is 399 g/mol. The number of nitrogens with zero attached hydrogens (tertiary/aromatic N) is 1. The Morgan fingerprint density at radius 3 is 2.59 bits per heavy atom. The highest BCUT2D eigenvalue weighted by atomic mass is 19.1. The molecule has 0 saturated heterocycles. The predicted molar refractivity (Wildman–Crippen MR) is 108 cm³/mol. The fourth-order valence-electron chi connectivity index (χ4n) is 3.34. The first kappa shape index (κ1) is 20.5. The number of nitrogens with one attached hydrogen (secondary N) is 3. The summed E-state index contributed by atoms with van der Waals surface area (Å²) in [5.41, 5.74) is 0.498. The van der Waals surface area contributed by atoms with Crippen molar-refractivity contribution in [3.05, 3.63) is 54.3 Å². The average molecular weight is 399 g/mol. The number of likely N-dealkylation sites (N-methyl/N-ethyl adjacent to an activating group) is 1. The number of fused-ring (bicyclic) bond motifs is 1. The highest BCUT2D eigenvalue weighted by Gasteiger charge is 2.44. The van der Waals surface area contributed by atoms with Crippen LogP contribution in [0.2, 0.25) is 0 Å². The van der Waals surface area contributed by atoms with Gasteiger partial charge < -0.3 is 15.5 Å². The Kier molecular flexibility index (Phi) is 5.65. The number of carbonyl (C=O) groups excluding carboxylic acids is 3.